The molecule has 1 atom stereocenters. The Kier molecular flexibility index (Phi) is 5.36. The molecule has 23 heavy (non-hydrogen) atoms. The summed E-state index contributed by atoms with van der Waals surface area (Å²) in [5, 5.41) is 8.24. The van der Waals surface area contributed by atoms with Crippen LogP contribution in [0.15, 0.2) is 6.07 Å². The van der Waals surface area contributed by atoms with Gasteiger partial charge in [0.2, 0.25) is 0 Å². The quantitative estimate of drug-likeness (QED) is 0.885. The number of carbonyl (C=O) groups is 1. The molecule has 126 valence electrons. The number of rotatable bonds is 6. The number of aromatic nitrogens is 3. The lowest BCUT2D eigenvalue weighted by Gasteiger charge is -2.23. The lowest BCUT2D eigenvalue weighted by molar-refractivity contribution is 0.0949. The van der Waals surface area contributed by atoms with Crippen LogP contribution < -0.4 is 5.32 Å². The van der Waals surface area contributed by atoms with Crippen LogP contribution in [-0.2, 0) is 7.05 Å². The lowest BCUT2D eigenvalue weighted by Crippen LogP contribution is -2.37. The van der Waals surface area contributed by atoms with E-state index in [1.54, 1.807) is 4.68 Å². The molecule has 0 aliphatic heterocycles. The first-order chi connectivity index (χ1) is 10.8. The molecule has 0 saturated carbocycles. The molecule has 2 aromatic heterocycles. The van der Waals surface area contributed by atoms with Gasteiger partial charge in [0.1, 0.15) is 0 Å². The molecular formula is C17H27N5O. The van der Waals surface area contributed by atoms with Crippen molar-refractivity contribution in [2.24, 2.45) is 7.05 Å². The van der Waals surface area contributed by atoms with Crippen molar-refractivity contribution in [3.05, 3.63) is 23.0 Å². The first kappa shape index (κ1) is 17.4. The molecule has 0 aliphatic rings. The number of aryl methyl sites for hydroxylation is 3. The second-order valence-corrected chi connectivity index (χ2v) is 6.21. The molecule has 6 nitrogen and oxygen atoms in total. The Morgan fingerprint density at radius 1 is 1.43 bits per heavy atom. The van der Waals surface area contributed by atoms with E-state index in [4.69, 9.17) is 0 Å². The fraction of sp³-hybridized carbons (Fsp3) is 0.588. The van der Waals surface area contributed by atoms with Gasteiger partial charge in [-0.05, 0) is 40.3 Å². The molecule has 6 heteroatoms. The highest BCUT2D eigenvalue weighted by Crippen LogP contribution is 2.21. The van der Waals surface area contributed by atoms with Gasteiger partial charge in [-0.2, -0.15) is 5.10 Å². The van der Waals surface area contributed by atoms with E-state index in [0.717, 1.165) is 35.4 Å². The Morgan fingerprint density at radius 3 is 2.78 bits per heavy atom. The minimum Gasteiger partial charge on any atom is -0.351 e. The first-order valence-corrected chi connectivity index (χ1v) is 8.14. The molecule has 2 rings (SSSR count). The average molecular weight is 317 g/mol. The average Bonchev–Trinajstić information content (AvgIpc) is 2.79. The third kappa shape index (κ3) is 3.69. The van der Waals surface area contributed by atoms with Crippen molar-refractivity contribution in [1.82, 2.24) is 25.0 Å². The maximum Gasteiger partial charge on any atom is 0.252 e. The van der Waals surface area contributed by atoms with E-state index in [1.165, 1.54) is 0 Å². The van der Waals surface area contributed by atoms with Crippen LogP contribution in [-0.4, -0.2) is 51.8 Å². The number of carbonyl (C=O) groups excluding carboxylic acids is 1. The topological polar surface area (TPSA) is 63.1 Å². The zero-order valence-corrected chi connectivity index (χ0v) is 15.0. The molecule has 0 saturated heterocycles. The number of hydrogen-bond donors (Lipinski definition) is 1. The van der Waals surface area contributed by atoms with Gasteiger partial charge in [-0.25, -0.2) is 4.98 Å². The van der Waals surface area contributed by atoms with Crippen molar-refractivity contribution in [2.45, 2.75) is 40.2 Å². The van der Waals surface area contributed by atoms with Gasteiger partial charge in [-0.1, -0.05) is 6.92 Å². The summed E-state index contributed by atoms with van der Waals surface area (Å²) in [5.41, 5.74) is 3.06. The van der Waals surface area contributed by atoms with E-state index < -0.39 is 0 Å². The van der Waals surface area contributed by atoms with E-state index in [-0.39, 0.29) is 5.91 Å². The van der Waals surface area contributed by atoms with E-state index in [1.807, 2.05) is 27.0 Å². The molecule has 0 spiro atoms. The van der Waals surface area contributed by atoms with Crippen molar-refractivity contribution in [3.8, 4) is 0 Å². The highest BCUT2D eigenvalue weighted by atomic mass is 16.1. The summed E-state index contributed by atoms with van der Waals surface area (Å²) < 4.78 is 1.73. The van der Waals surface area contributed by atoms with Crippen molar-refractivity contribution >= 4 is 16.9 Å². The summed E-state index contributed by atoms with van der Waals surface area (Å²) in [6.45, 7) is 9.63. The van der Waals surface area contributed by atoms with Gasteiger partial charge < -0.3 is 10.2 Å². The predicted molar refractivity (Wildman–Crippen MR) is 92.7 cm³/mol. The Balaban J connectivity index is 2.15. The van der Waals surface area contributed by atoms with Crippen LogP contribution in [0, 0.1) is 13.8 Å². The second-order valence-electron chi connectivity index (χ2n) is 6.21. The maximum absolute atomic E-state index is 12.6. The third-order valence-electron chi connectivity index (χ3n) is 4.43. The molecule has 0 aliphatic carbocycles. The summed E-state index contributed by atoms with van der Waals surface area (Å²) in [5.74, 6) is -0.0610. The Bertz CT molecular complexity index is 707. The van der Waals surface area contributed by atoms with Gasteiger partial charge in [-0.3, -0.25) is 9.48 Å². The summed E-state index contributed by atoms with van der Waals surface area (Å²) in [6.07, 6.45) is 1.10. The summed E-state index contributed by atoms with van der Waals surface area (Å²) in [6, 6.07) is 2.35. The fourth-order valence-corrected chi connectivity index (χ4v) is 2.72. The van der Waals surface area contributed by atoms with Gasteiger partial charge in [0.05, 0.1) is 16.6 Å². The maximum atomic E-state index is 12.6. The van der Waals surface area contributed by atoms with Crippen molar-refractivity contribution < 1.29 is 4.79 Å². The van der Waals surface area contributed by atoms with Gasteiger partial charge >= 0.3 is 0 Å². The van der Waals surface area contributed by atoms with Crippen LogP contribution in [0.1, 0.15) is 42.0 Å². The zero-order valence-electron chi connectivity index (χ0n) is 15.0. The first-order valence-electron chi connectivity index (χ1n) is 8.14. The fourth-order valence-electron chi connectivity index (χ4n) is 2.72. The third-order valence-corrected chi connectivity index (χ3v) is 4.43. The van der Waals surface area contributed by atoms with E-state index in [9.17, 15) is 4.79 Å². The standard InChI is InChI=1S/C17H27N5O/c1-7-12(3)21(5)9-8-18-17(23)14-10-11(2)19-16-15(14)13(4)20-22(16)6/h10,12H,7-9H2,1-6H3,(H,18,23). The Morgan fingerprint density at radius 2 is 2.13 bits per heavy atom. The largest absolute Gasteiger partial charge is 0.351 e. The number of likely N-dealkylation sites (N-methyl/N-ethyl adjacent to an activating group) is 1. The lowest BCUT2D eigenvalue weighted by atomic mass is 10.1. The van der Waals surface area contributed by atoms with Crippen molar-refractivity contribution in [3.63, 3.8) is 0 Å². The monoisotopic (exact) mass is 317 g/mol. The molecule has 0 bridgehead atoms. The van der Waals surface area contributed by atoms with Gasteiger partial charge in [0.15, 0.2) is 5.65 Å². The predicted octanol–water partition coefficient (Wildman–Crippen LogP) is 2.05. The number of amides is 1. The van der Waals surface area contributed by atoms with Crippen molar-refractivity contribution in [1.29, 1.82) is 0 Å². The van der Waals surface area contributed by atoms with Crippen LogP contribution in [0.2, 0.25) is 0 Å². The summed E-state index contributed by atoms with van der Waals surface area (Å²) >= 11 is 0. The zero-order chi connectivity index (χ0) is 17.1. The highest BCUT2D eigenvalue weighted by Gasteiger charge is 2.17. The van der Waals surface area contributed by atoms with E-state index >= 15 is 0 Å². The molecule has 1 N–H and O–H groups in total. The SMILES string of the molecule is CCC(C)N(C)CCNC(=O)c1cc(C)nc2c1c(C)nn2C. The Labute approximate surface area is 137 Å². The molecule has 0 radical (unpaired) electrons. The highest BCUT2D eigenvalue weighted by molar-refractivity contribution is 6.06. The van der Waals surface area contributed by atoms with Crippen LogP contribution in [0.5, 0.6) is 0 Å². The summed E-state index contributed by atoms with van der Waals surface area (Å²) in [7, 11) is 3.94. The normalized spacial score (nSPS) is 12.8. The van der Waals surface area contributed by atoms with Crippen molar-refractivity contribution in [2.75, 3.05) is 20.1 Å². The molecule has 1 unspecified atom stereocenters. The molecular weight excluding hydrogens is 290 g/mol. The molecule has 1 amide bonds. The number of fused-ring (bicyclic) bond motifs is 1. The number of pyridine rings is 1. The van der Waals surface area contributed by atoms with Gasteiger partial charge in [0, 0.05) is 31.9 Å². The van der Waals surface area contributed by atoms with Crippen LogP contribution in [0.25, 0.3) is 11.0 Å². The van der Waals surface area contributed by atoms with Crippen LogP contribution in [0.4, 0.5) is 0 Å². The minimum absolute atomic E-state index is 0.0610. The molecule has 0 aromatic carbocycles. The summed E-state index contributed by atoms with van der Waals surface area (Å²) in [4.78, 5) is 19.3. The smallest absolute Gasteiger partial charge is 0.252 e. The number of nitrogens with zero attached hydrogens (tertiary/aromatic N) is 4. The van der Waals surface area contributed by atoms with E-state index in [0.29, 0.717) is 18.2 Å². The minimum atomic E-state index is -0.0610. The molecule has 0 fully saturated rings. The van der Waals surface area contributed by atoms with Gasteiger partial charge in [-0.15, -0.1) is 0 Å². The molecule has 2 aromatic rings. The van der Waals surface area contributed by atoms with E-state index in [2.05, 4.69) is 41.2 Å². The van der Waals surface area contributed by atoms with Crippen LogP contribution >= 0.6 is 0 Å². The van der Waals surface area contributed by atoms with Gasteiger partial charge in [0.25, 0.3) is 5.91 Å². The number of nitrogens with one attached hydrogen (secondary N) is 1. The van der Waals surface area contributed by atoms with Crippen LogP contribution in [0.3, 0.4) is 0 Å². The number of hydrogen-bond acceptors (Lipinski definition) is 4. The molecule has 2 heterocycles. The second kappa shape index (κ2) is 7.08. The Hall–Kier alpha value is -1.95.